The van der Waals surface area contributed by atoms with Crippen LogP contribution in [0.15, 0.2) is 0 Å². The molecule has 0 saturated heterocycles. The standard InChI is InChI=1S/C9H17N5OS/c1-4-10-9(15)7(16-6-3)8-11-12-13-14(8)5-2/h7H,4-6H2,1-3H3,(H,10,15). The molecule has 16 heavy (non-hydrogen) atoms. The van der Waals surface area contributed by atoms with E-state index in [1.807, 2.05) is 20.8 Å². The largest absolute Gasteiger partial charge is 0.355 e. The molecule has 7 heteroatoms. The summed E-state index contributed by atoms with van der Waals surface area (Å²) in [5.41, 5.74) is 0. The van der Waals surface area contributed by atoms with Crippen molar-refractivity contribution < 1.29 is 4.79 Å². The Kier molecular flexibility index (Phi) is 5.24. The summed E-state index contributed by atoms with van der Waals surface area (Å²) in [6.45, 7) is 7.15. The maximum absolute atomic E-state index is 11.9. The Morgan fingerprint density at radius 1 is 1.50 bits per heavy atom. The van der Waals surface area contributed by atoms with Crippen LogP contribution in [0.2, 0.25) is 0 Å². The second-order valence-corrected chi connectivity index (χ2v) is 4.46. The number of hydrogen-bond acceptors (Lipinski definition) is 5. The summed E-state index contributed by atoms with van der Waals surface area (Å²) in [6.07, 6.45) is 0. The summed E-state index contributed by atoms with van der Waals surface area (Å²) >= 11 is 1.54. The molecule has 1 N–H and O–H groups in total. The molecule has 1 aromatic heterocycles. The third-order valence-corrected chi connectivity index (χ3v) is 3.11. The first-order valence-corrected chi connectivity index (χ1v) is 6.44. The number of carbonyl (C=O) groups is 1. The highest BCUT2D eigenvalue weighted by Crippen LogP contribution is 2.26. The maximum atomic E-state index is 11.9. The summed E-state index contributed by atoms with van der Waals surface area (Å²) < 4.78 is 1.66. The Bertz CT molecular complexity index is 340. The highest BCUT2D eigenvalue weighted by molar-refractivity contribution is 8.00. The second-order valence-electron chi connectivity index (χ2n) is 3.08. The van der Waals surface area contributed by atoms with E-state index in [4.69, 9.17) is 0 Å². The van der Waals surface area contributed by atoms with Crippen molar-refractivity contribution in [2.45, 2.75) is 32.6 Å². The van der Waals surface area contributed by atoms with E-state index in [0.29, 0.717) is 18.9 Å². The molecule has 0 aliphatic rings. The fraction of sp³-hybridized carbons (Fsp3) is 0.778. The lowest BCUT2D eigenvalue weighted by Crippen LogP contribution is -2.29. The van der Waals surface area contributed by atoms with Gasteiger partial charge in [0.1, 0.15) is 5.25 Å². The Hall–Kier alpha value is -1.11. The van der Waals surface area contributed by atoms with Crippen LogP contribution in [0.5, 0.6) is 0 Å². The molecule has 1 amide bonds. The minimum Gasteiger partial charge on any atom is -0.355 e. The van der Waals surface area contributed by atoms with Crippen LogP contribution in [0.3, 0.4) is 0 Å². The Morgan fingerprint density at radius 2 is 2.25 bits per heavy atom. The first kappa shape index (κ1) is 13.0. The minimum atomic E-state index is -0.320. The fourth-order valence-corrected chi connectivity index (χ4v) is 2.21. The van der Waals surface area contributed by atoms with Crippen LogP contribution in [0, 0.1) is 0 Å². The summed E-state index contributed by atoms with van der Waals surface area (Å²) in [5, 5.41) is 13.9. The van der Waals surface area contributed by atoms with Crippen LogP contribution in [-0.2, 0) is 11.3 Å². The number of thioether (sulfide) groups is 1. The van der Waals surface area contributed by atoms with Crippen LogP contribution in [0.4, 0.5) is 0 Å². The van der Waals surface area contributed by atoms with E-state index >= 15 is 0 Å². The minimum absolute atomic E-state index is 0.0288. The van der Waals surface area contributed by atoms with E-state index in [2.05, 4.69) is 20.8 Å². The van der Waals surface area contributed by atoms with Gasteiger partial charge in [0, 0.05) is 13.1 Å². The average molecular weight is 243 g/mol. The second kappa shape index (κ2) is 6.47. The lowest BCUT2D eigenvalue weighted by atomic mass is 10.3. The smallest absolute Gasteiger partial charge is 0.240 e. The summed E-state index contributed by atoms with van der Waals surface area (Å²) in [5.74, 6) is 1.44. The Morgan fingerprint density at radius 3 is 2.81 bits per heavy atom. The van der Waals surface area contributed by atoms with E-state index in [0.717, 1.165) is 5.75 Å². The average Bonchev–Trinajstić information content (AvgIpc) is 2.73. The predicted molar refractivity (Wildman–Crippen MR) is 63.0 cm³/mol. The number of rotatable bonds is 6. The topological polar surface area (TPSA) is 72.7 Å². The molecule has 1 aromatic rings. The van der Waals surface area contributed by atoms with Gasteiger partial charge in [-0.2, -0.15) is 0 Å². The highest BCUT2D eigenvalue weighted by atomic mass is 32.2. The van der Waals surface area contributed by atoms with Crippen molar-refractivity contribution in [3.63, 3.8) is 0 Å². The van der Waals surface area contributed by atoms with E-state index in [-0.39, 0.29) is 11.2 Å². The molecule has 1 unspecified atom stereocenters. The van der Waals surface area contributed by atoms with Crippen molar-refractivity contribution in [3.05, 3.63) is 5.82 Å². The van der Waals surface area contributed by atoms with E-state index in [1.165, 1.54) is 11.8 Å². The maximum Gasteiger partial charge on any atom is 0.240 e. The van der Waals surface area contributed by atoms with E-state index in [9.17, 15) is 4.79 Å². The molecular formula is C9H17N5OS. The quantitative estimate of drug-likeness (QED) is 0.793. The number of aryl methyl sites for hydroxylation is 1. The van der Waals surface area contributed by atoms with Crippen LogP contribution in [0.25, 0.3) is 0 Å². The molecule has 0 radical (unpaired) electrons. The Balaban J connectivity index is 2.88. The molecular weight excluding hydrogens is 226 g/mol. The third kappa shape index (κ3) is 2.94. The van der Waals surface area contributed by atoms with Crippen molar-refractivity contribution in [3.8, 4) is 0 Å². The fourth-order valence-electron chi connectivity index (χ4n) is 1.33. The summed E-state index contributed by atoms with van der Waals surface area (Å²) in [6, 6.07) is 0. The van der Waals surface area contributed by atoms with Gasteiger partial charge in [0.25, 0.3) is 0 Å². The lowest BCUT2D eigenvalue weighted by Gasteiger charge is -2.13. The molecule has 0 aliphatic heterocycles. The van der Waals surface area contributed by atoms with Gasteiger partial charge in [0.05, 0.1) is 0 Å². The van der Waals surface area contributed by atoms with Gasteiger partial charge in [-0.25, -0.2) is 4.68 Å². The van der Waals surface area contributed by atoms with Gasteiger partial charge in [0.2, 0.25) is 5.91 Å². The van der Waals surface area contributed by atoms with Gasteiger partial charge in [-0.15, -0.1) is 16.9 Å². The van der Waals surface area contributed by atoms with Crippen molar-refractivity contribution in [2.24, 2.45) is 0 Å². The first-order valence-electron chi connectivity index (χ1n) is 5.39. The summed E-state index contributed by atoms with van der Waals surface area (Å²) in [4.78, 5) is 11.9. The molecule has 0 fully saturated rings. The van der Waals surface area contributed by atoms with Crippen LogP contribution in [0.1, 0.15) is 31.8 Å². The van der Waals surface area contributed by atoms with Gasteiger partial charge in [-0.05, 0) is 30.0 Å². The van der Waals surface area contributed by atoms with Crippen molar-refractivity contribution in [2.75, 3.05) is 12.3 Å². The van der Waals surface area contributed by atoms with E-state index < -0.39 is 0 Å². The molecule has 1 heterocycles. The molecule has 6 nitrogen and oxygen atoms in total. The predicted octanol–water partition coefficient (Wildman–Crippen LogP) is 0.623. The molecule has 90 valence electrons. The van der Waals surface area contributed by atoms with Crippen molar-refractivity contribution in [1.82, 2.24) is 25.5 Å². The number of hydrogen-bond donors (Lipinski definition) is 1. The Labute approximate surface area is 99.2 Å². The molecule has 0 spiro atoms. The number of tetrazole rings is 1. The van der Waals surface area contributed by atoms with Gasteiger partial charge in [-0.3, -0.25) is 4.79 Å². The molecule has 0 aromatic carbocycles. The van der Waals surface area contributed by atoms with Gasteiger partial charge >= 0.3 is 0 Å². The third-order valence-electron chi connectivity index (χ3n) is 2.02. The van der Waals surface area contributed by atoms with Crippen molar-refractivity contribution >= 4 is 17.7 Å². The first-order chi connectivity index (χ1) is 7.74. The van der Waals surface area contributed by atoms with Crippen LogP contribution >= 0.6 is 11.8 Å². The van der Waals surface area contributed by atoms with Gasteiger partial charge < -0.3 is 5.32 Å². The number of carbonyl (C=O) groups excluding carboxylic acids is 1. The zero-order valence-electron chi connectivity index (χ0n) is 9.80. The SMILES string of the molecule is CCNC(=O)C(SCC)c1nnnn1CC. The number of likely N-dealkylation sites (N-methyl/N-ethyl adjacent to an activating group) is 1. The van der Waals surface area contributed by atoms with Gasteiger partial charge in [0.15, 0.2) is 5.82 Å². The van der Waals surface area contributed by atoms with Crippen LogP contribution < -0.4 is 5.32 Å². The van der Waals surface area contributed by atoms with Crippen LogP contribution in [-0.4, -0.2) is 38.4 Å². The monoisotopic (exact) mass is 243 g/mol. The number of amides is 1. The highest BCUT2D eigenvalue weighted by Gasteiger charge is 2.25. The molecule has 1 atom stereocenters. The number of nitrogens with one attached hydrogen (secondary N) is 1. The lowest BCUT2D eigenvalue weighted by molar-refractivity contribution is -0.120. The van der Waals surface area contributed by atoms with Crippen molar-refractivity contribution in [1.29, 1.82) is 0 Å². The van der Waals surface area contributed by atoms with E-state index in [1.54, 1.807) is 4.68 Å². The van der Waals surface area contributed by atoms with Gasteiger partial charge in [-0.1, -0.05) is 6.92 Å². The zero-order chi connectivity index (χ0) is 12.0. The summed E-state index contributed by atoms with van der Waals surface area (Å²) in [7, 11) is 0. The normalized spacial score (nSPS) is 12.4. The molecule has 1 rings (SSSR count). The number of aromatic nitrogens is 4. The zero-order valence-corrected chi connectivity index (χ0v) is 10.6. The number of nitrogens with zero attached hydrogens (tertiary/aromatic N) is 4. The molecule has 0 bridgehead atoms. The molecule has 0 aliphatic carbocycles. The molecule has 0 saturated carbocycles.